The van der Waals surface area contributed by atoms with Gasteiger partial charge in [-0.3, -0.25) is 14.2 Å². The Kier molecular flexibility index (Phi) is 4.95. The van der Waals surface area contributed by atoms with Crippen LogP contribution in [0.3, 0.4) is 0 Å². The minimum Gasteiger partial charge on any atom is -0.497 e. The number of aryl methyl sites for hydroxylation is 1. The lowest BCUT2D eigenvalue weighted by Crippen LogP contribution is -2.31. The molecule has 1 aromatic carbocycles. The second-order valence-corrected chi connectivity index (χ2v) is 7.35. The van der Waals surface area contributed by atoms with Crippen molar-refractivity contribution in [2.75, 3.05) is 12.9 Å². The van der Waals surface area contributed by atoms with E-state index in [-0.39, 0.29) is 23.3 Å². The molecular formula is C18H22N4O3S. The lowest BCUT2D eigenvalue weighted by Gasteiger charge is -2.10. The van der Waals surface area contributed by atoms with Gasteiger partial charge in [0.05, 0.1) is 18.4 Å². The molecule has 138 valence electrons. The molecule has 8 heteroatoms. The monoisotopic (exact) mass is 374 g/mol. The summed E-state index contributed by atoms with van der Waals surface area (Å²) in [5.41, 5.74) is 1.92. The number of hydrogen-bond acceptors (Lipinski definition) is 5. The Balaban J connectivity index is 2.11. The second kappa shape index (κ2) is 7.03. The summed E-state index contributed by atoms with van der Waals surface area (Å²) in [5.74, 6) is 0.829. The molecule has 0 spiro atoms. The van der Waals surface area contributed by atoms with Gasteiger partial charge in [-0.1, -0.05) is 11.8 Å². The Bertz CT molecular complexity index is 1050. The molecule has 26 heavy (non-hydrogen) atoms. The number of rotatable bonds is 5. The first-order valence-corrected chi connectivity index (χ1v) is 9.27. The summed E-state index contributed by atoms with van der Waals surface area (Å²) in [4.78, 5) is 29.5. The van der Waals surface area contributed by atoms with Crippen molar-refractivity contribution in [3.63, 3.8) is 0 Å². The second-order valence-electron chi connectivity index (χ2n) is 6.41. The number of ether oxygens (including phenoxy) is 1. The van der Waals surface area contributed by atoms with E-state index in [0.29, 0.717) is 21.9 Å². The smallest absolute Gasteiger partial charge is 0.278 e. The number of amides is 1. The highest BCUT2D eigenvalue weighted by molar-refractivity contribution is 7.99. The molecule has 3 rings (SSSR count). The number of benzene rings is 1. The molecule has 0 fully saturated rings. The fourth-order valence-electron chi connectivity index (χ4n) is 2.93. The maximum atomic E-state index is 12.9. The van der Waals surface area contributed by atoms with Crippen LogP contribution in [0.1, 0.15) is 13.8 Å². The summed E-state index contributed by atoms with van der Waals surface area (Å²) in [7, 11) is 5.13. The van der Waals surface area contributed by atoms with E-state index in [0.717, 1.165) is 10.9 Å². The van der Waals surface area contributed by atoms with E-state index >= 15 is 0 Å². The fraction of sp³-hybridized carbons (Fsp3) is 0.389. The molecule has 0 bridgehead atoms. The van der Waals surface area contributed by atoms with Crippen LogP contribution < -0.4 is 15.6 Å². The lowest BCUT2D eigenvalue weighted by molar-refractivity contribution is -0.119. The largest absolute Gasteiger partial charge is 0.497 e. The molecule has 3 aromatic rings. The molecule has 1 N–H and O–H groups in total. The molecule has 2 heterocycles. The predicted molar refractivity (Wildman–Crippen MR) is 104 cm³/mol. The van der Waals surface area contributed by atoms with Gasteiger partial charge in [-0.15, -0.1) is 0 Å². The number of carbonyl (C=O) groups excluding carboxylic acids is 1. The lowest BCUT2D eigenvalue weighted by atomic mass is 10.2. The fourth-order valence-corrected chi connectivity index (χ4v) is 3.70. The van der Waals surface area contributed by atoms with Gasteiger partial charge in [0.1, 0.15) is 16.8 Å². The van der Waals surface area contributed by atoms with Gasteiger partial charge in [0.2, 0.25) is 5.91 Å². The zero-order valence-corrected chi connectivity index (χ0v) is 16.3. The number of aromatic nitrogens is 3. The maximum Gasteiger partial charge on any atom is 0.278 e. The zero-order chi connectivity index (χ0) is 19.0. The molecule has 7 nitrogen and oxygen atoms in total. The van der Waals surface area contributed by atoms with Gasteiger partial charge in [0, 0.05) is 25.5 Å². The summed E-state index contributed by atoms with van der Waals surface area (Å²) in [6.07, 6.45) is 0. The Morgan fingerprint density at radius 3 is 2.69 bits per heavy atom. The van der Waals surface area contributed by atoms with Crippen LogP contribution in [0.4, 0.5) is 0 Å². The minimum atomic E-state index is -0.139. The number of thioether (sulfide) groups is 1. The highest BCUT2D eigenvalue weighted by Crippen LogP contribution is 2.29. The number of hydrogen-bond donors (Lipinski definition) is 1. The SMILES string of the molecule is COc1ccc2c(c1)c1nc(SCC(=O)NC(C)C)n(C)c(=O)c1n2C. The van der Waals surface area contributed by atoms with Crippen LogP contribution in [-0.2, 0) is 18.9 Å². The average molecular weight is 374 g/mol. The molecule has 0 aliphatic carbocycles. The third-order valence-corrected chi connectivity index (χ3v) is 5.19. The van der Waals surface area contributed by atoms with Crippen molar-refractivity contribution in [3.8, 4) is 5.75 Å². The van der Waals surface area contributed by atoms with Crippen molar-refractivity contribution in [1.82, 2.24) is 19.4 Å². The number of nitrogens with one attached hydrogen (secondary N) is 1. The summed E-state index contributed by atoms with van der Waals surface area (Å²) in [5, 5.41) is 4.20. The first-order chi connectivity index (χ1) is 12.3. The summed E-state index contributed by atoms with van der Waals surface area (Å²) in [6, 6.07) is 5.73. The van der Waals surface area contributed by atoms with Gasteiger partial charge < -0.3 is 14.6 Å². The quantitative estimate of drug-likeness (QED) is 0.546. The van der Waals surface area contributed by atoms with Gasteiger partial charge in [-0.05, 0) is 32.0 Å². The molecule has 0 aliphatic rings. The predicted octanol–water partition coefficient (Wildman–Crippen LogP) is 2.05. The normalized spacial score (nSPS) is 11.5. The molecule has 0 unspecified atom stereocenters. The standard InChI is InChI=1S/C18H22N4O3S/c1-10(2)19-14(23)9-26-18-20-15-12-8-11(25-5)6-7-13(12)21(3)16(15)17(24)22(18)4/h6-8,10H,9H2,1-5H3,(H,19,23). The number of nitrogens with zero attached hydrogens (tertiary/aromatic N) is 3. The Morgan fingerprint density at radius 1 is 1.31 bits per heavy atom. The Morgan fingerprint density at radius 2 is 2.04 bits per heavy atom. The van der Waals surface area contributed by atoms with Crippen LogP contribution in [0.15, 0.2) is 28.2 Å². The third kappa shape index (κ3) is 3.16. The number of methoxy groups -OCH3 is 1. The van der Waals surface area contributed by atoms with E-state index in [2.05, 4.69) is 10.3 Å². The van der Waals surface area contributed by atoms with E-state index in [1.54, 1.807) is 14.2 Å². The van der Waals surface area contributed by atoms with E-state index in [1.165, 1.54) is 16.3 Å². The molecule has 0 saturated carbocycles. The van der Waals surface area contributed by atoms with Crippen LogP contribution in [0, 0.1) is 0 Å². The Labute approximate surface area is 155 Å². The van der Waals surface area contributed by atoms with Crippen LogP contribution in [0.2, 0.25) is 0 Å². The molecule has 0 aliphatic heterocycles. The number of fused-ring (bicyclic) bond motifs is 3. The highest BCUT2D eigenvalue weighted by Gasteiger charge is 2.18. The van der Waals surface area contributed by atoms with Crippen molar-refractivity contribution in [1.29, 1.82) is 0 Å². The van der Waals surface area contributed by atoms with Crippen molar-refractivity contribution >= 4 is 39.6 Å². The molecule has 0 atom stereocenters. The maximum absolute atomic E-state index is 12.9. The Hall–Kier alpha value is -2.48. The highest BCUT2D eigenvalue weighted by atomic mass is 32.2. The van der Waals surface area contributed by atoms with Crippen molar-refractivity contribution < 1.29 is 9.53 Å². The summed E-state index contributed by atoms with van der Waals surface area (Å²) in [6.45, 7) is 3.82. The van der Waals surface area contributed by atoms with E-state index < -0.39 is 0 Å². The molecular weight excluding hydrogens is 352 g/mol. The van der Waals surface area contributed by atoms with Gasteiger partial charge in [0.15, 0.2) is 5.16 Å². The van der Waals surface area contributed by atoms with Gasteiger partial charge in [-0.2, -0.15) is 0 Å². The third-order valence-electron chi connectivity index (χ3n) is 4.16. The molecule has 2 aromatic heterocycles. The first kappa shape index (κ1) is 18.3. The van der Waals surface area contributed by atoms with Crippen molar-refractivity contribution in [2.24, 2.45) is 14.1 Å². The van der Waals surface area contributed by atoms with E-state index in [4.69, 9.17) is 4.74 Å². The first-order valence-electron chi connectivity index (χ1n) is 8.28. The summed E-state index contributed by atoms with van der Waals surface area (Å²) >= 11 is 1.25. The van der Waals surface area contributed by atoms with Crippen LogP contribution in [-0.4, -0.2) is 38.9 Å². The van der Waals surface area contributed by atoms with Crippen molar-refractivity contribution in [2.45, 2.75) is 25.0 Å². The topological polar surface area (TPSA) is 78.2 Å². The molecule has 0 radical (unpaired) electrons. The van der Waals surface area contributed by atoms with E-state index in [9.17, 15) is 9.59 Å². The van der Waals surface area contributed by atoms with Crippen LogP contribution in [0.25, 0.3) is 21.9 Å². The number of carbonyl (C=O) groups is 1. The van der Waals surface area contributed by atoms with Crippen LogP contribution >= 0.6 is 11.8 Å². The van der Waals surface area contributed by atoms with Gasteiger partial charge >= 0.3 is 0 Å². The van der Waals surface area contributed by atoms with Crippen molar-refractivity contribution in [3.05, 3.63) is 28.6 Å². The zero-order valence-electron chi connectivity index (χ0n) is 15.5. The van der Waals surface area contributed by atoms with Gasteiger partial charge in [-0.25, -0.2) is 4.98 Å². The summed E-state index contributed by atoms with van der Waals surface area (Å²) < 4.78 is 8.64. The molecule has 1 amide bonds. The van der Waals surface area contributed by atoms with Gasteiger partial charge in [0.25, 0.3) is 5.56 Å². The van der Waals surface area contributed by atoms with E-state index in [1.807, 2.05) is 43.7 Å². The minimum absolute atomic E-state index is 0.0768. The van der Waals surface area contributed by atoms with Crippen LogP contribution in [0.5, 0.6) is 5.75 Å². The average Bonchev–Trinajstić information content (AvgIpc) is 2.88. The molecule has 0 saturated heterocycles.